The molecule has 0 fully saturated rings. The summed E-state index contributed by atoms with van der Waals surface area (Å²) in [5.41, 5.74) is 6.28. The van der Waals surface area contributed by atoms with Gasteiger partial charge >= 0.3 is 0 Å². The van der Waals surface area contributed by atoms with Gasteiger partial charge in [-0.25, -0.2) is 0 Å². The highest BCUT2D eigenvalue weighted by atomic mass is 32.1. The molecule has 0 aliphatic rings. The van der Waals surface area contributed by atoms with Gasteiger partial charge in [0.15, 0.2) is 0 Å². The minimum atomic E-state index is 0.688. The smallest absolute Gasteiger partial charge is 0.0289 e. The zero-order valence-electron chi connectivity index (χ0n) is 14.2. The van der Waals surface area contributed by atoms with Gasteiger partial charge < -0.3 is 0 Å². The van der Waals surface area contributed by atoms with Crippen LogP contribution in [-0.4, -0.2) is 0 Å². The fraction of sp³-hybridized carbons (Fsp3) is 0.0833. The molecular weight excluding hydrogens is 352 g/mol. The maximum absolute atomic E-state index is 4.35. The molecule has 0 nitrogen and oxygen atoms in total. The fourth-order valence-corrected chi connectivity index (χ4v) is 3.03. The molecular formula is C24H18S2. The monoisotopic (exact) mass is 370 g/mol. The molecule has 0 bridgehead atoms. The Balaban J connectivity index is 1.78. The summed E-state index contributed by atoms with van der Waals surface area (Å²) in [5, 5.41) is 0. The third-order valence-electron chi connectivity index (χ3n) is 3.94. The van der Waals surface area contributed by atoms with Crippen LogP contribution in [0.2, 0.25) is 0 Å². The van der Waals surface area contributed by atoms with Crippen molar-refractivity contribution in [3.05, 3.63) is 106 Å². The van der Waals surface area contributed by atoms with Gasteiger partial charge in [-0.1, -0.05) is 60.1 Å². The highest BCUT2D eigenvalue weighted by Gasteiger charge is 1.97. The summed E-state index contributed by atoms with van der Waals surface area (Å²) in [6, 6.07) is 24.2. The molecule has 3 aromatic carbocycles. The lowest BCUT2D eigenvalue weighted by Gasteiger charge is -1.99. The maximum atomic E-state index is 4.35. The Morgan fingerprint density at radius 2 is 0.885 bits per heavy atom. The number of rotatable bonds is 2. The first-order chi connectivity index (χ1) is 12.8. The van der Waals surface area contributed by atoms with Gasteiger partial charge in [-0.05, 0) is 47.5 Å². The van der Waals surface area contributed by atoms with Crippen molar-refractivity contribution < 1.29 is 0 Å². The van der Waals surface area contributed by atoms with E-state index >= 15 is 0 Å². The lowest BCUT2D eigenvalue weighted by molar-refractivity contribution is 1.39. The second kappa shape index (κ2) is 9.25. The van der Waals surface area contributed by atoms with Crippen LogP contribution in [-0.2, 0) is 11.5 Å². The summed E-state index contributed by atoms with van der Waals surface area (Å²) in [4.78, 5) is 0. The number of benzene rings is 3. The lowest BCUT2D eigenvalue weighted by Crippen LogP contribution is -1.85. The van der Waals surface area contributed by atoms with E-state index in [4.69, 9.17) is 0 Å². The van der Waals surface area contributed by atoms with Crippen LogP contribution < -0.4 is 0 Å². The van der Waals surface area contributed by atoms with Crippen molar-refractivity contribution in [1.82, 2.24) is 0 Å². The number of hydrogen-bond acceptors (Lipinski definition) is 2. The average Bonchev–Trinajstić information content (AvgIpc) is 2.72. The minimum Gasteiger partial charge on any atom is -0.175 e. The molecule has 3 rings (SSSR count). The fourth-order valence-electron chi connectivity index (χ4n) is 2.48. The van der Waals surface area contributed by atoms with E-state index < -0.39 is 0 Å². The summed E-state index contributed by atoms with van der Waals surface area (Å²) in [5.74, 6) is 14.3. The van der Waals surface area contributed by atoms with Crippen LogP contribution in [0.1, 0.15) is 33.4 Å². The Morgan fingerprint density at radius 3 is 1.27 bits per heavy atom. The first-order valence-electron chi connectivity index (χ1n) is 8.32. The zero-order valence-corrected chi connectivity index (χ0v) is 16.0. The summed E-state index contributed by atoms with van der Waals surface area (Å²) >= 11 is 8.71. The molecule has 0 aliphatic heterocycles. The molecule has 0 aromatic heterocycles. The first-order valence-corrected chi connectivity index (χ1v) is 9.58. The minimum absolute atomic E-state index is 0.688. The number of hydrogen-bond donors (Lipinski definition) is 2. The van der Waals surface area contributed by atoms with Gasteiger partial charge in [-0.3, -0.25) is 0 Å². The zero-order chi connectivity index (χ0) is 18.2. The molecule has 126 valence electrons. The van der Waals surface area contributed by atoms with E-state index in [1.54, 1.807) is 0 Å². The SMILES string of the molecule is SCc1ccccc1C#Cc1ccc(C#Cc2ccccc2CS)cc1. The van der Waals surface area contributed by atoms with E-state index in [0.717, 1.165) is 33.4 Å². The van der Waals surface area contributed by atoms with Crippen molar-refractivity contribution in [2.75, 3.05) is 0 Å². The predicted molar refractivity (Wildman–Crippen MR) is 117 cm³/mol. The second-order valence-electron chi connectivity index (χ2n) is 5.71. The molecule has 0 radical (unpaired) electrons. The van der Waals surface area contributed by atoms with E-state index in [1.807, 2.05) is 60.7 Å². The predicted octanol–water partition coefficient (Wildman–Crippen LogP) is 5.35. The van der Waals surface area contributed by atoms with Gasteiger partial charge in [0.25, 0.3) is 0 Å². The molecule has 0 heterocycles. The van der Waals surface area contributed by atoms with Crippen molar-refractivity contribution in [2.24, 2.45) is 0 Å². The van der Waals surface area contributed by atoms with E-state index in [1.165, 1.54) is 0 Å². The molecule has 0 unspecified atom stereocenters. The highest BCUT2D eigenvalue weighted by Crippen LogP contribution is 2.11. The molecule has 0 saturated carbocycles. The van der Waals surface area contributed by atoms with Crippen LogP contribution in [0.15, 0.2) is 72.8 Å². The Kier molecular flexibility index (Phi) is 6.50. The summed E-state index contributed by atoms with van der Waals surface area (Å²) < 4.78 is 0. The third kappa shape index (κ3) is 4.77. The molecule has 0 amide bonds. The second-order valence-corrected chi connectivity index (χ2v) is 6.34. The van der Waals surface area contributed by atoms with Crippen LogP contribution in [0.5, 0.6) is 0 Å². The molecule has 0 atom stereocenters. The van der Waals surface area contributed by atoms with Crippen molar-refractivity contribution in [3.63, 3.8) is 0 Å². The van der Waals surface area contributed by atoms with E-state index in [-0.39, 0.29) is 0 Å². The lowest BCUT2D eigenvalue weighted by atomic mass is 10.1. The van der Waals surface area contributed by atoms with Crippen molar-refractivity contribution in [1.29, 1.82) is 0 Å². The highest BCUT2D eigenvalue weighted by molar-refractivity contribution is 7.79. The molecule has 0 N–H and O–H groups in total. The van der Waals surface area contributed by atoms with Crippen LogP contribution in [0.25, 0.3) is 0 Å². The van der Waals surface area contributed by atoms with Crippen LogP contribution >= 0.6 is 25.3 Å². The average molecular weight is 371 g/mol. The van der Waals surface area contributed by atoms with Crippen molar-refractivity contribution >= 4 is 25.3 Å². The molecule has 2 heteroatoms. The van der Waals surface area contributed by atoms with Crippen molar-refractivity contribution in [2.45, 2.75) is 11.5 Å². The molecule has 3 aromatic rings. The van der Waals surface area contributed by atoms with Crippen LogP contribution in [0.4, 0.5) is 0 Å². The summed E-state index contributed by atoms with van der Waals surface area (Å²) in [6.45, 7) is 0. The van der Waals surface area contributed by atoms with Gasteiger partial charge in [0.05, 0.1) is 0 Å². The van der Waals surface area contributed by atoms with Gasteiger partial charge in [-0.15, -0.1) is 0 Å². The normalized spacial score (nSPS) is 9.62. The number of thiol groups is 2. The van der Waals surface area contributed by atoms with E-state index in [9.17, 15) is 0 Å². The molecule has 0 spiro atoms. The van der Waals surface area contributed by atoms with Gasteiger partial charge in [-0.2, -0.15) is 25.3 Å². The van der Waals surface area contributed by atoms with E-state index in [0.29, 0.717) is 11.5 Å². The largest absolute Gasteiger partial charge is 0.175 e. The Bertz CT molecular complexity index is 925. The summed E-state index contributed by atoms with van der Waals surface area (Å²) in [7, 11) is 0. The summed E-state index contributed by atoms with van der Waals surface area (Å²) in [6.07, 6.45) is 0. The Labute approximate surface area is 166 Å². The quantitative estimate of drug-likeness (QED) is 0.441. The molecule has 0 saturated heterocycles. The van der Waals surface area contributed by atoms with Crippen LogP contribution in [0.3, 0.4) is 0 Å². The van der Waals surface area contributed by atoms with Crippen molar-refractivity contribution in [3.8, 4) is 23.7 Å². The third-order valence-corrected chi connectivity index (χ3v) is 4.62. The van der Waals surface area contributed by atoms with Crippen LogP contribution in [0, 0.1) is 23.7 Å². The van der Waals surface area contributed by atoms with E-state index in [2.05, 4.69) is 61.1 Å². The Morgan fingerprint density at radius 1 is 0.500 bits per heavy atom. The first kappa shape index (κ1) is 18.3. The van der Waals surface area contributed by atoms with Gasteiger partial charge in [0.2, 0.25) is 0 Å². The topological polar surface area (TPSA) is 0 Å². The van der Waals surface area contributed by atoms with Gasteiger partial charge in [0, 0.05) is 33.8 Å². The van der Waals surface area contributed by atoms with Gasteiger partial charge in [0.1, 0.15) is 0 Å². The standard InChI is InChI=1S/C24H18S2/c25-17-23-7-3-1-5-21(23)15-13-19-9-11-20(12-10-19)14-16-22-6-2-4-8-24(22)18-26/h1-12,25-26H,17-18H2. The molecule has 0 aliphatic carbocycles. The maximum Gasteiger partial charge on any atom is 0.0289 e. The Hall–Kier alpha value is -2.52. The molecule has 26 heavy (non-hydrogen) atoms.